The molecule has 0 aromatic carbocycles. The van der Waals surface area contributed by atoms with Crippen molar-refractivity contribution < 1.29 is 14.6 Å². The molecule has 5 nitrogen and oxygen atoms in total. The van der Waals surface area contributed by atoms with Crippen molar-refractivity contribution in [2.45, 2.75) is 57.9 Å². The summed E-state index contributed by atoms with van der Waals surface area (Å²) in [5, 5.41) is 13.2. The van der Waals surface area contributed by atoms with Crippen LogP contribution in [0.15, 0.2) is 0 Å². The Morgan fingerprint density at radius 1 is 1.24 bits per heavy atom. The van der Waals surface area contributed by atoms with Crippen LogP contribution < -0.4 is 5.32 Å². The topological polar surface area (TPSA) is 54.0 Å². The molecule has 2 fully saturated rings. The van der Waals surface area contributed by atoms with Crippen molar-refractivity contribution in [2.24, 2.45) is 5.92 Å². The first kappa shape index (κ1) is 17.2. The van der Waals surface area contributed by atoms with Gasteiger partial charge in [-0.3, -0.25) is 4.90 Å². The summed E-state index contributed by atoms with van der Waals surface area (Å²) >= 11 is 0. The van der Waals surface area contributed by atoms with Gasteiger partial charge in [-0.15, -0.1) is 0 Å². The number of nitrogens with one attached hydrogen (secondary N) is 1. The Morgan fingerprint density at radius 3 is 2.57 bits per heavy atom. The molecule has 2 N–H and O–H groups in total. The summed E-state index contributed by atoms with van der Waals surface area (Å²) < 4.78 is 11.8. The molecule has 0 aliphatic carbocycles. The quantitative estimate of drug-likeness (QED) is 0.789. The van der Waals surface area contributed by atoms with E-state index in [0.717, 1.165) is 26.2 Å². The molecular formula is C16H32N2O3. The fourth-order valence-electron chi connectivity index (χ4n) is 3.99. The molecule has 5 heteroatoms. The van der Waals surface area contributed by atoms with Crippen LogP contribution in [-0.2, 0) is 9.47 Å². The van der Waals surface area contributed by atoms with Gasteiger partial charge in [-0.2, -0.15) is 0 Å². The van der Waals surface area contributed by atoms with Gasteiger partial charge in [0.05, 0.1) is 37.1 Å². The predicted molar refractivity (Wildman–Crippen MR) is 83.5 cm³/mol. The Labute approximate surface area is 129 Å². The standard InChI is InChI=1S/C16H32N2O3/c1-6-17-14-13(15(2,3)21-16(14,4)5)9-18-7-8-20-11-12(18)10-19/h12-14,17,19H,6-11H2,1-5H3. The Hall–Kier alpha value is -0.200. The summed E-state index contributed by atoms with van der Waals surface area (Å²) in [7, 11) is 0. The van der Waals surface area contributed by atoms with Crippen LogP contribution in [0.4, 0.5) is 0 Å². The fourth-order valence-corrected chi connectivity index (χ4v) is 3.99. The van der Waals surface area contributed by atoms with Crippen molar-refractivity contribution in [2.75, 3.05) is 39.5 Å². The molecule has 2 aliphatic heterocycles. The van der Waals surface area contributed by atoms with Crippen LogP contribution >= 0.6 is 0 Å². The third-order valence-corrected chi connectivity index (χ3v) is 4.99. The van der Waals surface area contributed by atoms with E-state index in [-0.39, 0.29) is 23.9 Å². The van der Waals surface area contributed by atoms with Crippen molar-refractivity contribution in [1.29, 1.82) is 0 Å². The number of morpholine rings is 1. The maximum atomic E-state index is 9.57. The SMILES string of the molecule is CCNC1C(CN2CCOCC2CO)C(C)(C)OC1(C)C. The van der Waals surface area contributed by atoms with Gasteiger partial charge < -0.3 is 19.9 Å². The van der Waals surface area contributed by atoms with E-state index < -0.39 is 0 Å². The van der Waals surface area contributed by atoms with Crippen molar-refractivity contribution in [3.63, 3.8) is 0 Å². The van der Waals surface area contributed by atoms with Gasteiger partial charge in [-0.05, 0) is 34.2 Å². The Balaban J connectivity index is 2.14. The van der Waals surface area contributed by atoms with Gasteiger partial charge in [0, 0.05) is 25.0 Å². The van der Waals surface area contributed by atoms with Gasteiger partial charge in [0.2, 0.25) is 0 Å². The van der Waals surface area contributed by atoms with Crippen LogP contribution in [0, 0.1) is 5.92 Å². The van der Waals surface area contributed by atoms with E-state index in [0.29, 0.717) is 18.6 Å². The Morgan fingerprint density at radius 2 is 1.95 bits per heavy atom. The molecule has 3 unspecified atom stereocenters. The maximum Gasteiger partial charge on any atom is 0.0790 e. The van der Waals surface area contributed by atoms with Gasteiger partial charge in [-0.25, -0.2) is 0 Å². The minimum atomic E-state index is -0.175. The molecule has 0 aromatic rings. The number of aliphatic hydroxyl groups excluding tert-OH is 1. The molecule has 0 radical (unpaired) electrons. The first-order chi connectivity index (χ1) is 9.81. The van der Waals surface area contributed by atoms with E-state index in [9.17, 15) is 5.11 Å². The van der Waals surface area contributed by atoms with Crippen molar-refractivity contribution >= 4 is 0 Å². The zero-order chi connectivity index (χ0) is 15.7. The minimum absolute atomic E-state index is 0.112. The molecule has 2 heterocycles. The second kappa shape index (κ2) is 6.50. The third-order valence-electron chi connectivity index (χ3n) is 4.99. The van der Waals surface area contributed by atoms with Crippen LogP contribution in [0.5, 0.6) is 0 Å². The summed E-state index contributed by atoms with van der Waals surface area (Å²) in [6, 6.07) is 0.431. The minimum Gasteiger partial charge on any atom is -0.395 e. The van der Waals surface area contributed by atoms with E-state index in [1.165, 1.54) is 0 Å². The molecule has 21 heavy (non-hydrogen) atoms. The van der Waals surface area contributed by atoms with Crippen LogP contribution in [0.3, 0.4) is 0 Å². The lowest BCUT2D eigenvalue weighted by atomic mass is 9.81. The van der Waals surface area contributed by atoms with Gasteiger partial charge in [-0.1, -0.05) is 6.92 Å². The first-order valence-electron chi connectivity index (χ1n) is 8.18. The molecule has 0 spiro atoms. The largest absolute Gasteiger partial charge is 0.395 e. The predicted octanol–water partition coefficient (Wildman–Crippen LogP) is 0.861. The van der Waals surface area contributed by atoms with Gasteiger partial charge in [0.25, 0.3) is 0 Å². The third kappa shape index (κ3) is 3.59. The normalized spacial score (nSPS) is 36.0. The van der Waals surface area contributed by atoms with Crippen LogP contribution in [0.25, 0.3) is 0 Å². The highest BCUT2D eigenvalue weighted by Crippen LogP contribution is 2.42. The highest BCUT2D eigenvalue weighted by atomic mass is 16.5. The number of hydrogen-bond donors (Lipinski definition) is 2. The fraction of sp³-hybridized carbons (Fsp3) is 1.00. The average Bonchev–Trinajstić information content (AvgIpc) is 2.57. The Bertz CT molecular complexity index is 346. The van der Waals surface area contributed by atoms with Gasteiger partial charge >= 0.3 is 0 Å². The molecule has 0 bridgehead atoms. The molecule has 124 valence electrons. The summed E-state index contributed by atoms with van der Waals surface area (Å²) in [5.41, 5.74) is -0.347. The first-order valence-corrected chi connectivity index (χ1v) is 8.18. The van der Waals surface area contributed by atoms with Crippen LogP contribution in [-0.4, -0.2) is 72.7 Å². The monoisotopic (exact) mass is 300 g/mol. The number of rotatable bonds is 5. The molecule has 3 atom stereocenters. The second-order valence-corrected chi connectivity index (χ2v) is 7.36. The molecule has 0 aromatic heterocycles. The van der Waals surface area contributed by atoms with Crippen molar-refractivity contribution in [3.05, 3.63) is 0 Å². The van der Waals surface area contributed by atoms with Crippen LogP contribution in [0.2, 0.25) is 0 Å². The maximum absolute atomic E-state index is 9.57. The molecule has 2 saturated heterocycles. The number of likely N-dealkylation sites (N-methyl/N-ethyl adjacent to an activating group) is 1. The van der Waals surface area contributed by atoms with E-state index in [2.05, 4.69) is 44.8 Å². The second-order valence-electron chi connectivity index (χ2n) is 7.36. The summed E-state index contributed by atoms with van der Waals surface area (Å²) in [6.07, 6.45) is 0. The molecule has 0 saturated carbocycles. The summed E-state index contributed by atoms with van der Waals surface area (Å²) in [5.74, 6) is 0.389. The van der Waals surface area contributed by atoms with Gasteiger partial charge in [0.15, 0.2) is 0 Å². The number of nitrogens with zero attached hydrogens (tertiary/aromatic N) is 1. The summed E-state index contributed by atoms with van der Waals surface area (Å²) in [6.45, 7) is 15.1. The Kier molecular flexibility index (Phi) is 5.31. The smallest absolute Gasteiger partial charge is 0.0790 e. The van der Waals surface area contributed by atoms with Crippen molar-refractivity contribution in [1.82, 2.24) is 10.2 Å². The summed E-state index contributed by atoms with van der Waals surface area (Å²) in [4.78, 5) is 2.37. The number of ether oxygens (including phenoxy) is 2. The zero-order valence-corrected chi connectivity index (χ0v) is 14.2. The van der Waals surface area contributed by atoms with E-state index >= 15 is 0 Å². The molecule has 2 aliphatic rings. The molecular weight excluding hydrogens is 268 g/mol. The zero-order valence-electron chi connectivity index (χ0n) is 14.2. The lowest BCUT2D eigenvalue weighted by Crippen LogP contribution is -2.55. The lowest BCUT2D eigenvalue weighted by Gasteiger charge is -2.40. The van der Waals surface area contributed by atoms with Crippen LogP contribution in [0.1, 0.15) is 34.6 Å². The molecule has 0 amide bonds. The van der Waals surface area contributed by atoms with Crippen molar-refractivity contribution in [3.8, 4) is 0 Å². The lowest BCUT2D eigenvalue weighted by molar-refractivity contribution is -0.0860. The molecule has 2 rings (SSSR count). The number of aliphatic hydroxyl groups is 1. The van der Waals surface area contributed by atoms with Gasteiger partial charge in [0.1, 0.15) is 0 Å². The van der Waals surface area contributed by atoms with E-state index in [1.807, 2.05) is 0 Å². The average molecular weight is 300 g/mol. The number of hydrogen-bond acceptors (Lipinski definition) is 5. The van der Waals surface area contributed by atoms with E-state index in [1.54, 1.807) is 0 Å². The highest BCUT2D eigenvalue weighted by molar-refractivity contribution is 5.06. The van der Waals surface area contributed by atoms with E-state index in [4.69, 9.17) is 9.47 Å². The highest BCUT2D eigenvalue weighted by Gasteiger charge is 2.54.